The number of aliphatic hydroxyl groups excluding tert-OH is 1. The molecule has 19 heavy (non-hydrogen) atoms. The van der Waals surface area contributed by atoms with Gasteiger partial charge in [-0.1, -0.05) is 11.8 Å². The predicted molar refractivity (Wildman–Crippen MR) is 68.0 cm³/mol. The number of rotatable bonds is 4. The number of hydrogen-bond donors (Lipinski definition) is 2. The van der Waals surface area contributed by atoms with Gasteiger partial charge in [-0.2, -0.15) is 5.26 Å². The van der Waals surface area contributed by atoms with Crippen LogP contribution in [0.15, 0.2) is 18.2 Å². The summed E-state index contributed by atoms with van der Waals surface area (Å²) in [5.74, 6) is 3.87. The van der Waals surface area contributed by atoms with E-state index in [1.165, 1.54) is 12.1 Å². The van der Waals surface area contributed by atoms with Crippen LogP contribution in [0.3, 0.4) is 0 Å². The summed E-state index contributed by atoms with van der Waals surface area (Å²) in [6.45, 7) is -0.141. The van der Waals surface area contributed by atoms with Crippen molar-refractivity contribution in [1.29, 1.82) is 5.26 Å². The first-order valence-electron chi connectivity index (χ1n) is 5.25. The third-order valence-corrected chi connectivity index (χ3v) is 3.00. The Bertz CT molecular complexity index is 654. The van der Waals surface area contributed by atoms with Crippen LogP contribution in [0, 0.1) is 29.0 Å². The minimum absolute atomic E-state index is 0.0992. The van der Waals surface area contributed by atoms with Gasteiger partial charge in [-0.15, -0.1) is 0 Å². The first-order chi connectivity index (χ1) is 8.98. The van der Waals surface area contributed by atoms with Gasteiger partial charge in [-0.3, -0.25) is 4.72 Å². The maximum Gasteiger partial charge on any atom is 0.246 e. The molecular weight excluding hydrogens is 271 g/mol. The van der Waals surface area contributed by atoms with E-state index in [0.717, 1.165) is 12.1 Å². The van der Waals surface area contributed by atoms with E-state index in [1.54, 1.807) is 0 Å². The summed E-state index contributed by atoms with van der Waals surface area (Å²) in [7, 11) is -3.80. The molecule has 0 saturated carbocycles. The Morgan fingerprint density at radius 2 is 2.16 bits per heavy atom. The summed E-state index contributed by atoms with van der Waals surface area (Å²) >= 11 is 0. The van der Waals surface area contributed by atoms with Crippen molar-refractivity contribution < 1.29 is 17.9 Å². The van der Waals surface area contributed by atoms with E-state index in [4.69, 9.17) is 10.4 Å². The fourth-order valence-electron chi connectivity index (χ4n) is 1.21. The molecule has 100 valence electrons. The normalized spacial score (nSPS) is 10.2. The third-order valence-electron chi connectivity index (χ3n) is 1.96. The lowest BCUT2D eigenvalue weighted by Crippen LogP contribution is -2.16. The molecule has 0 unspecified atom stereocenters. The number of sulfonamides is 1. The van der Waals surface area contributed by atoms with Crippen LogP contribution in [0.25, 0.3) is 0 Å². The number of benzene rings is 1. The van der Waals surface area contributed by atoms with Crippen molar-refractivity contribution in [3.63, 3.8) is 0 Å². The Labute approximate surface area is 110 Å². The quantitative estimate of drug-likeness (QED) is 0.800. The number of nitrogens with zero attached hydrogens (tertiary/aromatic N) is 1. The monoisotopic (exact) mass is 282 g/mol. The lowest BCUT2D eigenvalue weighted by Gasteiger charge is -2.07. The Morgan fingerprint density at radius 3 is 2.79 bits per heavy atom. The Balaban J connectivity index is 3.09. The smallest absolute Gasteiger partial charge is 0.246 e. The van der Waals surface area contributed by atoms with Gasteiger partial charge in [0.15, 0.2) is 5.75 Å². The zero-order valence-corrected chi connectivity index (χ0v) is 10.7. The van der Waals surface area contributed by atoms with Gasteiger partial charge in [0, 0.05) is 6.42 Å². The van der Waals surface area contributed by atoms with Gasteiger partial charge in [0.25, 0.3) is 0 Å². The molecule has 1 aromatic rings. The summed E-state index contributed by atoms with van der Waals surface area (Å²) in [5, 5.41) is 17.0. The van der Waals surface area contributed by atoms with E-state index in [0.29, 0.717) is 0 Å². The first-order valence-corrected chi connectivity index (χ1v) is 6.90. The van der Waals surface area contributed by atoms with Crippen LogP contribution in [0.4, 0.5) is 10.1 Å². The highest BCUT2D eigenvalue weighted by Gasteiger charge is 2.12. The first kappa shape index (κ1) is 15.0. The molecule has 0 aromatic heterocycles. The predicted octanol–water partition coefficient (Wildman–Crippen LogP) is 0.825. The minimum Gasteiger partial charge on any atom is -0.395 e. The summed E-state index contributed by atoms with van der Waals surface area (Å²) in [4.78, 5) is 0. The molecule has 0 atom stereocenters. The van der Waals surface area contributed by atoms with E-state index in [9.17, 15) is 12.8 Å². The summed E-state index contributed by atoms with van der Waals surface area (Å²) in [5.41, 5.74) is 0.247. The highest BCUT2D eigenvalue weighted by molar-refractivity contribution is 7.92. The number of nitriles is 1. The van der Waals surface area contributed by atoms with Gasteiger partial charge in [0.1, 0.15) is 5.82 Å². The largest absolute Gasteiger partial charge is 0.395 e. The molecule has 0 fully saturated rings. The van der Waals surface area contributed by atoms with Crippen molar-refractivity contribution in [1.82, 2.24) is 0 Å². The summed E-state index contributed by atoms with van der Waals surface area (Å²) < 4.78 is 38.2. The molecule has 0 amide bonds. The fourth-order valence-corrected chi connectivity index (χ4v) is 1.97. The molecule has 0 heterocycles. The SMILES string of the molecule is N#CCS(=O)(=O)Nc1ccc(F)cc1C#CCCO. The lowest BCUT2D eigenvalue weighted by molar-refractivity contribution is 0.305. The second-order valence-electron chi connectivity index (χ2n) is 3.48. The molecule has 0 radical (unpaired) electrons. The zero-order valence-electron chi connectivity index (χ0n) is 9.85. The van der Waals surface area contributed by atoms with Gasteiger partial charge < -0.3 is 5.11 Å². The molecule has 0 saturated heterocycles. The number of hydrogen-bond acceptors (Lipinski definition) is 4. The van der Waals surface area contributed by atoms with Crippen LogP contribution in [-0.2, 0) is 10.0 Å². The Kier molecular flexibility index (Phi) is 5.31. The van der Waals surface area contributed by atoms with Crippen molar-refractivity contribution in [2.75, 3.05) is 17.1 Å². The maximum absolute atomic E-state index is 13.1. The highest BCUT2D eigenvalue weighted by Crippen LogP contribution is 2.17. The molecule has 1 aromatic carbocycles. The van der Waals surface area contributed by atoms with Crippen LogP contribution in [-0.4, -0.2) is 25.9 Å². The molecule has 0 aliphatic carbocycles. The van der Waals surface area contributed by atoms with Gasteiger partial charge in [-0.05, 0) is 18.2 Å². The molecule has 0 aliphatic heterocycles. The van der Waals surface area contributed by atoms with Gasteiger partial charge in [-0.25, -0.2) is 12.8 Å². The molecule has 0 spiro atoms. The van der Waals surface area contributed by atoms with Crippen molar-refractivity contribution >= 4 is 15.7 Å². The van der Waals surface area contributed by atoms with Crippen molar-refractivity contribution in [2.24, 2.45) is 0 Å². The molecule has 0 bridgehead atoms. The Hall–Kier alpha value is -2.09. The van der Waals surface area contributed by atoms with E-state index < -0.39 is 21.6 Å². The molecule has 1 rings (SSSR count). The zero-order chi connectivity index (χ0) is 14.3. The van der Waals surface area contributed by atoms with Crippen LogP contribution in [0.1, 0.15) is 12.0 Å². The topological polar surface area (TPSA) is 90.2 Å². The highest BCUT2D eigenvalue weighted by atomic mass is 32.2. The standard InChI is InChI=1S/C12H11FN2O3S/c13-11-4-5-12(15-19(17,18)8-6-14)10(9-11)3-1-2-7-16/h4-5,9,15-16H,2,7-8H2. The number of anilines is 1. The molecule has 7 heteroatoms. The van der Waals surface area contributed by atoms with E-state index >= 15 is 0 Å². The number of nitrogens with one attached hydrogen (secondary N) is 1. The second kappa shape index (κ2) is 6.74. The average Bonchev–Trinajstić information content (AvgIpc) is 2.32. The maximum atomic E-state index is 13.1. The molecule has 5 nitrogen and oxygen atoms in total. The second-order valence-corrected chi connectivity index (χ2v) is 5.21. The minimum atomic E-state index is -3.80. The van der Waals surface area contributed by atoms with Crippen LogP contribution in [0.5, 0.6) is 0 Å². The van der Waals surface area contributed by atoms with Gasteiger partial charge in [0.05, 0.1) is 23.9 Å². The van der Waals surface area contributed by atoms with E-state index in [-0.39, 0.29) is 24.3 Å². The van der Waals surface area contributed by atoms with E-state index in [1.807, 2.05) is 0 Å². The van der Waals surface area contributed by atoms with Gasteiger partial charge in [0.2, 0.25) is 10.0 Å². The van der Waals surface area contributed by atoms with Crippen molar-refractivity contribution in [3.8, 4) is 17.9 Å². The average molecular weight is 282 g/mol. The molecular formula is C12H11FN2O3S. The lowest BCUT2D eigenvalue weighted by atomic mass is 10.2. The third kappa shape index (κ3) is 4.96. The molecule has 2 N–H and O–H groups in total. The molecule has 0 aliphatic rings. The Morgan fingerprint density at radius 1 is 1.42 bits per heavy atom. The number of aliphatic hydroxyl groups is 1. The van der Waals surface area contributed by atoms with Crippen LogP contribution >= 0.6 is 0 Å². The fraction of sp³-hybridized carbons (Fsp3) is 0.250. The van der Waals surface area contributed by atoms with Crippen LogP contribution < -0.4 is 4.72 Å². The summed E-state index contributed by atoms with van der Waals surface area (Å²) in [6, 6.07) is 4.91. The van der Waals surface area contributed by atoms with E-state index in [2.05, 4.69) is 16.6 Å². The van der Waals surface area contributed by atoms with Crippen molar-refractivity contribution in [2.45, 2.75) is 6.42 Å². The van der Waals surface area contributed by atoms with Crippen LogP contribution in [0.2, 0.25) is 0 Å². The number of halogens is 1. The van der Waals surface area contributed by atoms with Crippen molar-refractivity contribution in [3.05, 3.63) is 29.6 Å². The summed E-state index contributed by atoms with van der Waals surface area (Å²) in [6.07, 6.45) is 0.195. The van der Waals surface area contributed by atoms with Gasteiger partial charge >= 0.3 is 0 Å².